The Labute approximate surface area is 88.1 Å². The molecule has 0 aromatic carbocycles. The molecule has 0 aliphatic carbocycles. The molecular weight excluding hydrogens is 196 g/mol. The summed E-state index contributed by atoms with van der Waals surface area (Å²) in [6.45, 7) is 4.24. The number of hydrogen-bond acceptors (Lipinski definition) is 4. The van der Waals surface area contributed by atoms with Gasteiger partial charge in [0.1, 0.15) is 5.92 Å². The average Bonchev–Trinajstić information content (AvgIpc) is 2.69. The minimum absolute atomic E-state index is 0.155. The van der Waals surface area contributed by atoms with Gasteiger partial charge in [0.05, 0.1) is 5.71 Å². The zero-order valence-corrected chi connectivity index (χ0v) is 8.90. The number of unbranched alkanes of at least 4 members (excludes halogenated alkanes) is 1. The van der Waals surface area contributed by atoms with E-state index in [1.807, 2.05) is 6.92 Å². The summed E-state index contributed by atoms with van der Waals surface area (Å²) < 4.78 is 0. The quantitative estimate of drug-likeness (QED) is 0.639. The van der Waals surface area contributed by atoms with Gasteiger partial charge >= 0.3 is 0 Å². The molecule has 2 rings (SSSR count). The topological polar surface area (TPSA) is 59.0 Å². The summed E-state index contributed by atoms with van der Waals surface area (Å²) in [5.74, 6) is -0.856. The van der Waals surface area contributed by atoms with E-state index in [0.717, 1.165) is 12.8 Å². The maximum absolute atomic E-state index is 11.9. The highest BCUT2D eigenvalue weighted by Gasteiger charge is 2.53. The first-order valence-electron chi connectivity index (χ1n) is 5.22. The molecular formula is C10H14N2O3. The highest BCUT2D eigenvalue weighted by molar-refractivity contribution is 6.18. The summed E-state index contributed by atoms with van der Waals surface area (Å²) >= 11 is 0. The molecule has 0 aromatic heterocycles. The molecule has 0 spiro atoms. The van der Waals surface area contributed by atoms with Crippen molar-refractivity contribution in [3.63, 3.8) is 0 Å². The second kappa shape index (κ2) is 3.64. The smallest absolute Gasteiger partial charge is 0.274 e. The molecule has 82 valence electrons. The van der Waals surface area contributed by atoms with Crippen LogP contribution in [-0.4, -0.2) is 35.1 Å². The number of hydrogen-bond donors (Lipinski definition) is 0. The number of nitrogens with zero attached hydrogens (tertiary/aromatic N) is 2. The minimum atomic E-state index is -0.686. The van der Waals surface area contributed by atoms with Crippen LogP contribution in [0.4, 0.5) is 0 Å². The van der Waals surface area contributed by atoms with Crippen molar-refractivity contribution in [3.05, 3.63) is 0 Å². The summed E-state index contributed by atoms with van der Waals surface area (Å²) in [7, 11) is 0. The van der Waals surface area contributed by atoms with Crippen LogP contribution in [0.15, 0.2) is 5.16 Å². The Bertz CT molecular complexity index is 338. The van der Waals surface area contributed by atoms with E-state index < -0.39 is 12.0 Å². The molecule has 0 bridgehead atoms. The Hall–Kier alpha value is -1.39. The Morgan fingerprint density at radius 1 is 1.40 bits per heavy atom. The first-order chi connectivity index (χ1) is 7.16. The number of fused-ring (bicyclic) bond motifs is 1. The van der Waals surface area contributed by atoms with Crippen LogP contribution in [0.5, 0.6) is 0 Å². The van der Waals surface area contributed by atoms with E-state index >= 15 is 0 Å². The third-order valence-corrected chi connectivity index (χ3v) is 2.84. The zero-order valence-electron chi connectivity index (χ0n) is 8.90. The van der Waals surface area contributed by atoms with Gasteiger partial charge in [-0.1, -0.05) is 18.5 Å². The van der Waals surface area contributed by atoms with Gasteiger partial charge in [-0.3, -0.25) is 14.5 Å². The Balaban J connectivity index is 2.14. The Kier molecular flexibility index (Phi) is 2.46. The summed E-state index contributed by atoms with van der Waals surface area (Å²) in [5, 5.41) is 3.68. The van der Waals surface area contributed by atoms with Crippen molar-refractivity contribution < 1.29 is 14.4 Å². The van der Waals surface area contributed by atoms with E-state index in [4.69, 9.17) is 4.84 Å². The van der Waals surface area contributed by atoms with Crippen LogP contribution in [0.3, 0.4) is 0 Å². The monoisotopic (exact) mass is 210 g/mol. The molecule has 0 saturated carbocycles. The molecule has 1 fully saturated rings. The molecule has 2 aliphatic heterocycles. The third-order valence-electron chi connectivity index (χ3n) is 2.84. The lowest BCUT2D eigenvalue weighted by Crippen LogP contribution is -2.33. The second-order valence-electron chi connectivity index (χ2n) is 3.92. The van der Waals surface area contributed by atoms with Crippen LogP contribution in [0.1, 0.15) is 26.7 Å². The fourth-order valence-electron chi connectivity index (χ4n) is 1.94. The molecule has 2 unspecified atom stereocenters. The van der Waals surface area contributed by atoms with E-state index in [1.165, 1.54) is 4.90 Å². The Morgan fingerprint density at radius 3 is 2.73 bits per heavy atom. The molecule has 0 radical (unpaired) electrons. The summed E-state index contributed by atoms with van der Waals surface area (Å²) in [5.41, 5.74) is 0.609. The molecule has 5 heteroatoms. The summed E-state index contributed by atoms with van der Waals surface area (Å²) in [6, 6.07) is 0. The molecule has 2 atom stereocenters. The first kappa shape index (κ1) is 10.1. The molecule has 2 aliphatic rings. The lowest BCUT2D eigenvalue weighted by molar-refractivity contribution is -0.142. The number of imide groups is 1. The molecule has 5 nitrogen and oxygen atoms in total. The van der Waals surface area contributed by atoms with Gasteiger partial charge < -0.3 is 4.84 Å². The highest BCUT2D eigenvalue weighted by atomic mass is 16.6. The van der Waals surface area contributed by atoms with E-state index in [-0.39, 0.29) is 11.8 Å². The van der Waals surface area contributed by atoms with Crippen LogP contribution < -0.4 is 0 Å². The van der Waals surface area contributed by atoms with Gasteiger partial charge in [0.15, 0.2) is 0 Å². The van der Waals surface area contributed by atoms with Crippen LogP contribution >= 0.6 is 0 Å². The zero-order chi connectivity index (χ0) is 11.0. The number of rotatable bonds is 3. The summed E-state index contributed by atoms with van der Waals surface area (Å²) in [4.78, 5) is 29.9. The number of carbonyl (C=O) groups is 2. The molecule has 2 heterocycles. The number of likely N-dealkylation sites (tertiary alicyclic amines) is 1. The lowest BCUT2D eigenvalue weighted by Gasteiger charge is -2.13. The highest BCUT2D eigenvalue weighted by Crippen LogP contribution is 2.29. The van der Waals surface area contributed by atoms with Crippen molar-refractivity contribution in [3.8, 4) is 0 Å². The van der Waals surface area contributed by atoms with Crippen molar-refractivity contribution in [2.45, 2.75) is 32.8 Å². The standard InChI is InChI=1S/C10H14N2O3/c1-3-4-5-12-9(13)7-6(2)11-15-8(7)10(12)14/h7-8H,3-5H2,1-2H3. The van der Waals surface area contributed by atoms with E-state index in [2.05, 4.69) is 5.16 Å². The van der Waals surface area contributed by atoms with Crippen LogP contribution in [0.2, 0.25) is 0 Å². The van der Waals surface area contributed by atoms with Gasteiger partial charge in [-0.25, -0.2) is 0 Å². The lowest BCUT2D eigenvalue weighted by atomic mass is 10.0. The predicted molar refractivity (Wildman–Crippen MR) is 53.1 cm³/mol. The van der Waals surface area contributed by atoms with Gasteiger partial charge in [-0.05, 0) is 13.3 Å². The maximum Gasteiger partial charge on any atom is 0.274 e. The Morgan fingerprint density at radius 2 is 2.13 bits per heavy atom. The SMILES string of the molecule is CCCCN1C(=O)C2ON=C(C)C2C1=O. The largest absolute Gasteiger partial charge is 0.381 e. The van der Waals surface area contributed by atoms with Gasteiger partial charge in [0.25, 0.3) is 5.91 Å². The molecule has 1 saturated heterocycles. The van der Waals surface area contributed by atoms with Crippen molar-refractivity contribution in [2.24, 2.45) is 11.1 Å². The van der Waals surface area contributed by atoms with Crippen LogP contribution in [0.25, 0.3) is 0 Å². The van der Waals surface area contributed by atoms with E-state index in [1.54, 1.807) is 6.92 Å². The van der Waals surface area contributed by atoms with Crippen molar-refractivity contribution in [2.75, 3.05) is 6.54 Å². The molecule has 0 N–H and O–H groups in total. The van der Waals surface area contributed by atoms with Crippen molar-refractivity contribution >= 4 is 17.5 Å². The fraction of sp³-hybridized carbons (Fsp3) is 0.700. The minimum Gasteiger partial charge on any atom is -0.381 e. The normalized spacial score (nSPS) is 29.2. The predicted octanol–water partition coefficient (Wildman–Crippen LogP) is 0.546. The van der Waals surface area contributed by atoms with Gasteiger partial charge in [-0.2, -0.15) is 0 Å². The van der Waals surface area contributed by atoms with E-state index in [9.17, 15) is 9.59 Å². The van der Waals surface area contributed by atoms with E-state index in [0.29, 0.717) is 12.3 Å². The third kappa shape index (κ3) is 1.42. The van der Waals surface area contributed by atoms with Crippen LogP contribution in [-0.2, 0) is 14.4 Å². The number of amides is 2. The van der Waals surface area contributed by atoms with Gasteiger partial charge in [-0.15, -0.1) is 0 Å². The van der Waals surface area contributed by atoms with Crippen molar-refractivity contribution in [1.82, 2.24) is 4.90 Å². The molecule has 2 amide bonds. The second-order valence-corrected chi connectivity index (χ2v) is 3.92. The first-order valence-corrected chi connectivity index (χ1v) is 5.22. The number of oxime groups is 1. The van der Waals surface area contributed by atoms with Crippen LogP contribution in [0, 0.1) is 5.92 Å². The number of carbonyl (C=O) groups excluding carboxylic acids is 2. The van der Waals surface area contributed by atoms with Gasteiger partial charge in [0, 0.05) is 6.54 Å². The van der Waals surface area contributed by atoms with Gasteiger partial charge in [0.2, 0.25) is 12.0 Å². The molecule has 0 aromatic rings. The summed E-state index contributed by atoms with van der Waals surface area (Å²) in [6.07, 6.45) is 1.11. The maximum atomic E-state index is 11.9. The molecule has 15 heavy (non-hydrogen) atoms. The fourth-order valence-corrected chi connectivity index (χ4v) is 1.94. The van der Waals surface area contributed by atoms with Crippen molar-refractivity contribution in [1.29, 1.82) is 0 Å². The average molecular weight is 210 g/mol.